The summed E-state index contributed by atoms with van der Waals surface area (Å²) in [6.45, 7) is 0.671. The van der Waals surface area contributed by atoms with Crippen LogP contribution >= 0.6 is 31.9 Å². The fourth-order valence-corrected chi connectivity index (χ4v) is 2.57. The molecule has 0 saturated carbocycles. The lowest BCUT2D eigenvalue weighted by atomic mass is 10.2. The van der Waals surface area contributed by atoms with Crippen LogP contribution in [0.5, 0.6) is 11.5 Å². The fraction of sp³-hybridized carbons (Fsp3) is 0.200. The second kappa shape index (κ2) is 6.99. The minimum absolute atomic E-state index is 0.671. The second-order valence-corrected chi connectivity index (χ2v) is 5.93. The molecule has 0 spiro atoms. The van der Waals surface area contributed by atoms with Crippen molar-refractivity contribution in [3.05, 3.63) is 50.9 Å². The van der Waals surface area contributed by atoms with E-state index in [1.807, 2.05) is 36.4 Å². The molecule has 0 atom stereocenters. The summed E-state index contributed by atoms with van der Waals surface area (Å²) in [4.78, 5) is 0. The summed E-state index contributed by atoms with van der Waals surface area (Å²) in [5.74, 6) is 1.65. The van der Waals surface area contributed by atoms with E-state index in [0.29, 0.717) is 6.54 Å². The van der Waals surface area contributed by atoms with E-state index in [9.17, 15) is 0 Å². The highest BCUT2D eigenvalue weighted by Gasteiger charge is 2.06. The molecule has 0 amide bonds. The van der Waals surface area contributed by atoms with Gasteiger partial charge in [-0.25, -0.2) is 0 Å². The molecule has 0 heterocycles. The number of hydrogen-bond donors (Lipinski definition) is 1. The number of ether oxygens (including phenoxy) is 2. The van der Waals surface area contributed by atoms with Crippen LogP contribution in [0.2, 0.25) is 0 Å². The lowest BCUT2D eigenvalue weighted by molar-refractivity contribution is 0.414. The Hall–Kier alpha value is -1.20. The molecular formula is C15H15Br2NO2. The Bertz CT molecular complexity index is 602. The van der Waals surface area contributed by atoms with Crippen molar-refractivity contribution in [2.75, 3.05) is 19.5 Å². The summed E-state index contributed by atoms with van der Waals surface area (Å²) in [7, 11) is 3.33. The maximum atomic E-state index is 5.34. The van der Waals surface area contributed by atoms with E-state index in [-0.39, 0.29) is 0 Å². The molecule has 0 fully saturated rings. The molecule has 0 bridgehead atoms. The van der Waals surface area contributed by atoms with Crippen molar-refractivity contribution in [2.24, 2.45) is 0 Å². The second-order valence-electron chi connectivity index (χ2n) is 4.16. The van der Waals surface area contributed by atoms with Crippen LogP contribution in [-0.2, 0) is 6.54 Å². The van der Waals surface area contributed by atoms with Crippen LogP contribution in [0, 0.1) is 0 Å². The summed E-state index contributed by atoms with van der Waals surface area (Å²) in [5, 5.41) is 3.37. The van der Waals surface area contributed by atoms with Gasteiger partial charge >= 0.3 is 0 Å². The number of hydrogen-bond acceptors (Lipinski definition) is 3. The van der Waals surface area contributed by atoms with Gasteiger partial charge in [0.15, 0.2) is 0 Å². The van der Waals surface area contributed by atoms with Crippen LogP contribution < -0.4 is 14.8 Å². The predicted octanol–water partition coefficient (Wildman–Crippen LogP) is 4.84. The Kier molecular flexibility index (Phi) is 5.31. The van der Waals surface area contributed by atoms with Gasteiger partial charge in [-0.2, -0.15) is 0 Å². The molecule has 0 radical (unpaired) electrons. The first kappa shape index (κ1) is 15.2. The number of anilines is 1. The van der Waals surface area contributed by atoms with E-state index in [1.54, 1.807) is 14.2 Å². The molecule has 0 aliphatic rings. The smallest absolute Gasteiger partial charge is 0.142 e. The van der Waals surface area contributed by atoms with Gasteiger partial charge in [-0.05, 0) is 42.0 Å². The molecular weight excluding hydrogens is 386 g/mol. The first-order valence-corrected chi connectivity index (χ1v) is 7.62. The molecule has 1 N–H and O–H groups in total. The molecule has 0 aromatic heterocycles. The minimum atomic E-state index is 0.671. The Morgan fingerprint density at radius 1 is 1.00 bits per heavy atom. The van der Waals surface area contributed by atoms with E-state index in [4.69, 9.17) is 9.47 Å². The first-order valence-electron chi connectivity index (χ1n) is 6.04. The Balaban J connectivity index is 2.18. The third-order valence-electron chi connectivity index (χ3n) is 2.88. The third-order valence-corrected chi connectivity index (χ3v) is 4.15. The van der Waals surface area contributed by atoms with Gasteiger partial charge in [-0.1, -0.05) is 31.9 Å². The van der Waals surface area contributed by atoms with Crippen molar-refractivity contribution < 1.29 is 9.47 Å². The molecule has 0 unspecified atom stereocenters. The van der Waals surface area contributed by atoms with E-state index in [2.05, 4.69) is 37.2 Å². The quantitative estimate of drug-likeness (QED) is 0.778. The average Bonchev–Trinajstić information content (AvgIpc) is 2.46. The molecule has 0 aliphatic carbocycles. The van der Waals surface area contributed by atoms with Crippen LogP contribution in [0.25, 0.3) is 0 Å². The van der Waals surface area contributed by atoms with Crippen LogP contribution in [0.4, 0.5) is 5.69 Å². The van der Waals surface area contributed by atoms with Gasteiger partial charge in [0, 0.05) is 15.5 Å². The van der Waals surface area contributed by atoms with Crippen molar-refractivity contribution >= 4 is 37.5 Å². The highest BCUT2D eigenvalue weighted by Crippen LogP contribution is 2.29. The SMILES string of the molecule is COc1ccc(Br)c(CNc2cc(Br)ccc2OC)c1. The van der Waals surface area contributed by atoms with Crippen molar-refractivity contribution in [2.45, 2.75) is 6.54 Å². The predicted molar refractivity (Wildman–Crippen MR) is 88.7 cm³/mol. The van der Waals surface area contributed by atoms with Gasteiger partial charge in [-0.3, -0.25) is 0 Å². The van der Waals surface area contributed by atoms with Gasteiger partial charge in [0.2, 0.25) is 0 Å². The largest absolute Gasteiger partial charge is 0.497 e. The zero-order valence-corrected chi connectivity index (χ0v) is 14.4. The van der Waals surface area contributed by atoms with Crippen molar-refractivity contribution in [3.8, 4) is 11.5 Å². The molecule has 20 heavy (non-hydrogen) atoms. The maximum absolute atomic E-state index is 5.34. The number of rotatable bonds is 5. The van der Waals surface area contributed by atoms with E-state index >= 15 is 0 Å². The number of methoxy groups -OCH3 is 2. The molecule has 2 rings (SSSR count). The lowest BCUT2D eigenvalue weighted by Gasteiger charge is -2.13. The van der Waals surface area contributed by atoms with Crippen molar-refractivity contribution in [1.82, 2.24) is 0 Å². The highest BCUT2D eigenvalue weighted by atomic mass is 79.9. The maximum Gasteiger partial charge on any atom is 0.142 e. The monoisotopic (exact) mass is 399 g/mol. The van der Waals surface area contributed by atoms with Crippen molar-refractivity contribution in [3.63, 3.8) is 0 Å². The summed E-state index contributed by atoms with van der Waals surface area (Å²) in [5.41, 5.74) is 2.06. The van der Waals surface area contributed by atoms with Crippen LogP contribution in [-0.4, -0.2) is 14.2 Å². The molecule has 0 saturated heterocycles. The van der Waals surface area contributed by atoms with E-state index < -0.39 is 0 Å². The molecule has 2 aromatic carbocycles. The third kappa shape index (κ3) is 3.67. The number of nitrogens with one attached hydrogen (secondary N) is 1. The topological polar surface area (TPSA) is 30.5 Å². The first-order chi connectivity index (χ1) is 9.63. The standard InChI is InChI=1S/C15H15Br2NO2/c1-19-12-4-5-13(17)10(7-12)9-18-14-8-11(16)3-6-15(14)20-2/h3-8,18H,9H2,1-2H3. The van der Waals surface area contributed by atoms with Crippen LogP contribution in [0.3, 0.4) is 0 Å². The normalized spacial score (nSPS) is 10.2. The fourth-order valence-electron chi connectivity index (χ4n) is 1.82. The summed E-state index contributed by atoms with van der Waals surface area (Å²) in [6.07, 6.45) is 0. The lowest BCUT2D eigenvalue weighted by Crippen LogP contribution is -2.02. The zero-order valence-electron chi connectivity index (χ0n) is 11.2. The van der Waals surface area contributed by atoms with Gasteiger partial charge in [0.1, 0.15) is 11.5 Å². The molecule has 2 aromatic rings. The molecule has 5 heteroatoms. The Labute approximate surface area is 135 Å². The highest BCUT2D eigenvalue weighted by molar-refractivity contribution is 9.10. The van der Waals surface area contributed by atoms with Gasteiger partial charge in [0.25, 0.3) is 0 Å². The molecule has 3 nitrogen and oxygen atoms in total. The number of halogens is 2. The van der Waals surface area contributed by atoms with E-state index in [1.165, 1.54) is 0 Å². The van der Waals surface area contributed by atoms with Crippen LogP contribution in [0.15, 0.2) is 45.3 Å². The molecule has 106 valence electrons. The van der Waals surface area contributed by atoms with Gasteiger partial charge in [0.05, 0.1) is 19.9 Å². The summed E-state index contributed by atoms with van der Waals surface area (Å²) >= 11 is 7.01. The van der Waals surface area contributed by atoms with Gasteiger partial charge < -0.3 is 14.8 Å². The number of benzene rings is 2. The average molecular weight is 401 g/mol. The van der Waals surface area contributed by atoms with Crippen molar-refractivity contribution in [1.29, 1.82) is 0 Å². The summed E-state index contributed by atoms with van der Waals surface area (Å²) in [6, 6.07) is 11.8. The summed E-state index contributed by atoms with van der Waals surface area (Å²) < 4.78 is 12.6. The Morgan fingerprint density at radius 3 is 2.50 bits per heavy atom. The minimum Gasteiger partial charge on any atom is -0.497 e. The Morgan fingerprint density at radius 2 is 1.80 bits per heavy atom. The van der Waals surface area contributed by atoms with Gasteiger partial charge in [-0.15, -0.1) is 0 Å². The molecule has 0 aliphatic heterocycles. The van der Waals surface area contributed by atoms with Crippen LogP contribution in [0.1, 0.15) is 5.56 Å². The van der Waals surface area contributed by atoms with E-state index in [0.717, 1.165) is 31.7 Å². The zero-order chi connectivity index (χ0) is 14.5.